The van der Waals surface area contributed by atoms with Crippen LogP contribution in [0.4, 0.5) is 0 Å². The van der Waals surface area contributed by atoms with Crippen LogP contribution in [0, 0.1) is 0 Å². The summed E-state index contributed by atoms with van der Waals surface area (Å²) in [5, 5.41) is 9.12. The van der Waals surface area contributed by atoms with Crippen LogP contribution in [0.25, 0.3) is 0 Å². The molecule has 18 heavy (non-hydrogen) atoms. The quantitative estimate of drug-likeness (QED) is 0.787. The third kappa shape index (κ3) is 2.22. The molecule has 2 rings (SSSR count). The van der Waals surface area contributed by atoms with Crippen LogP contribution >= 0.6 is 0 Å². The third-order valence-corrected chi connectivity index (χ3v) is 2.94. The van der Waals surface area contributed by atoms with E-state index in [-0.39, 0.29) is 5.91 Å². The van der Waals surface area contributed by atoms with Gasteiger partial charge in [0.2, 0.25) is 0 Å². The van der Waals surface area contributed by atoms with E-state index >= 15 is 0 Å². The fourth-order valence-corrected chi connectivity index (χ4v) is 2.08. The van der Waals surface area contributed by atoms with Crippen molar-refractivity contribution in [3.63, 3.8) is 0 Å². The fraction of sp³-hybridized carbons (Fsp3) is 0.385. The molecule has 5 nitrogen and oxygen atoms in total. The zero-order valence-electron chi connectivity index (χ0n) is 10.1. The van der Waals surface area contributed by atoms with Crippen molar-refractivity contribution < 1.29 is 19.4 Å². The van der Waals surface area contributed by atoms with Crippen molar-refractivity contribution in [3.8, 4) is 0 Å². The highest BCUT2D eigenvalue weighted by molar-refractivity contribution is 5.98. The van der Waals surface area contributed by atoms with Crippen molar-refractivity contribution in [1.82, 2.24) is 4.90 Å². The van der Waals surface area contributed by atoms with E-state index < -0.39 is 18.1 Å². The molecule has 0 bridgehead atoms. The molecular weight excluding hydrogens is 234 g/mol. The maximum absolute atomic E-state index is 11.8. The van der Waals surface area contributed by atoms with E-state index in [1.165, 1.54) is 4.90 Å². The second kappa shape index (κ2) is 5.18. The van der Waals surface area contributed by atoms with Gasteiger partial charge in [-0.05, 0) is 12.5 Å². The Balaban J connectivity index is 2.09. The van der Waals surface area contributed by atoms with Gasteiger partial charge in [0.1, 0.15) is 0 Å². The zero-order chi connectivity index (χ0) is 13.1. The average molecular weight is 249 g/mol. The second-order valence-electron chi connectivity index (χ2n) is 4.11. The number of carbonyl (C=O) groups is 2. The maximum atomic E-state index is 11.8. The van der Waals surface area contributed by atoms with Crippen molar-refractivity contribution in [2.75, 3.05) is 6.61 Å². The van der Waals surface area contributed by atoms with Crippen molar-refractivity contribution in [1.29, 1.82) is 0 Å². The largest absolute Gasteiger partial charge is 0.480 e. The maximum Gasteiger partial charge on any atom is 0.329 e. The molecule has 0 saturated carbocycles. The minimum atomic E-state index is -1.02. The number of carbonyl (C=O) groups excluding carboxylic acids is 1. The van der Waals surface area contributed by atoms with Gasteiger partial charge in [0.25, 0.3) is 5.91 Å². The number of hydrogen-bond acceptors (Lipinski definition) is 3. The minimum Gasteiger partial charge on any atom is -0.480 e. The number of likely N-dealkylation sites (tertiary alicyclic amines) is 1. The Morgan fingerprint density at radius 2 is 2.06 bits per heavy atom. The number of β-lactam (4-membered cyclic amide) rings is 1. The average Bonchev–Trinajstić information content (AvgIpc) is 2.37. The van der Waals surface area contributed by atoms with Crippen LogP contribution in [0.1, 0.15) is 12.5 Å². The summed E-state index contributed by atoms with van der Waals surface area (Å²) in [5.41, 5.74) is 0.909. The smallest absolute Gasteiger partial charge is 0.329 e. The van der Waals surface area contributed by atoms with Crippen molar-refractivity contribution in [2.45, 2.75) is 25.6 Å². The van der Waals surface area contributed by atoms with Crippen LogP contribution in [0.2, 0.25) is 0 Å². The number of carboxylic acids is 1. The lowest BCUT2D eigenvalue weighted by atomic mass is 9.97. The predicted molar refractivity (Wildman–Crippen MR) is 63.8 cm³/mol. The van der Waals surface area contributed by atoms with E-state index in [2.05, 4.69) is 0 Å². The van der Waals surface area contributed by atoms with E-state index in [9.17, 15) is 9.59 Å². The van der Waals surface area contributed by atoms with E-state index in [0.717, 1.165) is 5.56 Å². The number of carboxylic acid groups (broad SMARTS) is 1. The van der Waals surface area contributed by atoms with E-state index in [1.807, 2.05) is 30.3 Å². The summed E-state index contributed by atoms with van der Waals surface area (Å²) in [6.45, 7) is 2.38. The van der Waals surface area contributed by atoms with Crippen LogP contribution in [-0.2, 0) is 20.9 Å². The minimum absolute atomic E-state index is 0.256. The number of benzene rings is 1. The van der Waals surface area contributed by atoms with Crippen molar-refractivity contribution >= 4 is 11.9 Å². The molecule has 96 valence electrons. The van der Waals surface area contributed by atoms with Crippen LogP contribution < -0.4 is 0 Å². The van der Waals surface area contributed by atoms with Gasteiger partial charge >= 0.3 is 5.97 Å². The number of nitrogens with zero attached hydrogens (tertiary/aromatic N) is 1. The first-order valence-corrected chi connectivity index (χ1v) is 5.84. The van der Waals surface area contributed by atoms with Crippen LogP contribution in [0.5, 0.6) is 0 Å². The first kappa shape index (κ1) is 12.6. The van der Waals surface area contributed by atoms with Gasteiger partial charge in [-0.3, -0.25) is 4.79 Å². The molecule has 0 unspecified atom stereocenters. The van der Waals surface area contributed by atoms with Gasteiger partial charge in [-0.15, -0.1) is 0 Å². The van der Waals surface area contributed by atoms with Crippen molar-refractivity contribution in [2.24, 2.45) is 0 Å². The molecule has 1 N–H and O–H groups in total. The highest BCUT2D eigenvalue weighted by Gasteiger charge is 2.52. The van der Waals surface area contributed by atoms with Gasteiger partial charge in [-0.1, -0.05) is 30.3 Å². The Labute approximate surface area is 105 Å². The number of rotatable bonds is 5. The van der Waals surface area contributed by atoms with E-state index in [1.54, 1.807) is 6.92 Å². The lowest BCUT2D eigenvalue weighted by Gasteiger charge is -2.43. The Kier molecular flexibility index (Phi) is 3.62. The van der Waals surface area contributed by atoms with Crippen LogP contribution in [-0.4, -0.2) is 40.6 Å². The SMILES string of the molecule is CCO[C@@H]1C(=O)N(Cc2ccccc2)[C@H]1C(=O)O. The Bertz CT molecular complexity index is 446. The van der Waals surface area contributed by atoms with Crippen molar-refractivity contribution in [3.05, 3.63) is 35.9 Å². The van der Waals surface area contributed by atoms with Gasteiger partial charge in [-0.2, -0.15) is 0 Å². The molecule has 1 aliphatic rings. The molecule has 1 heterocycles. The standard InChI is InChI=1S/C13H15NO4/c1-2-18-11-10(13(16)17)14(12(11)15)8-9-6-4-3-5-7-9/h3-7,10-11H,2,8H2,1H3,(H,16,17)/t10-,11+/m1/s1. The Morgan fingerprint density at radius 1 is 1.39 bits per heavy atom. The second-order valence-corrected chi connectivity index (χ2v) is 4.11. The number of aliphatic carboxylic acids is 1. The summed E-state index contributed by atoms with van der Waals surface area (Å²) in [6.07, 6.45) is -0.837. The zero-order valence-corrected chi connectivity index (χ0v) is 10.1. The topological polar surface area (TPSA) is 66.8 Å². The summed E-state index contributed by atoms with van der Waals surface area (Å²) in [7, 11) is 0. The molecular formula is C13H15NO4. The van der Waals surface area contributed by atoms with Gasteiger partial charge in [0, 0.05) is 13.2 Å². The first-order valence-electron chi connectivity index (χ1n) is 5.84. The molecule has 0 spiro atoms. The fourth-order valence-electron chi connectivity index (χ4n) is 2.08. The summed E-state index contributed by atoms with van der Waals surface area (Å²) in [4.78, 5) is 24.3. The van der Waals surface area contributed by atoms with Crippen LogP contribution in [0.3, 0.4) is 0 Å². The molecule has 2 atom stereocenters. The highest BCUT2D eigenvalue weighted by atomic mass is 16.5. The molecule has 1 aromatic carbocycles. The Hall–Kier alpha value is -1.88. The molecule has 0 aromatic heterocycles. The van der Waals surface area contributed by atoms with Gasteiger partial charge in [0.15, 0.2) is 12.1 Å². The predicted octanol–water partition coefficient (Wildman–Crippen LogP) is 0.887. The number of amides is 1. The summed E-state index contributed by atoms with van der Waals surface area (Å²) in [6, 6.07) is 8.43. The molecule has 0 radical (unpaired) electrons. The normalized spacial score (nSPS) is 22.7. The summed E-state index contributed by atoms with van der Waals surface area (Å²) in [5.74, 6) is -1.28. The number of hydrogen-bond donors (Lipinski definition) is 1. The van der Waals surface area contributed by atoms with Gasteiger partial charge < -0.3 is 14.7 Å². The van der Waals surface area contributed by atoms with E-state index in [4.69, 9.17) is 9.84 Å². The van der Waals surface area contributed by atoms with Gasteiger partial charge in [0.05, 0.1) is 0 Å². The molecule has 5 heteroatoms. The summed E-state index contributed by atoms with van der Waals surface area (Å²) < 4.78 is 5.16. The summed E-state index contributed by atoms with van der Waals surface area (Å²) >= 11 is 0. The molecule has 1 fully saturated rings. The lowest BCUT2D eigenvalue weighted by Crippen LogP contribution is -2.68. The van der Waals surface area contributed by atoms with E-state index in [0.29, 0.717) is 13.2 Å². The molecule has 0 aliphatic carbocycles. The highest BCUT2D eigenvalue weighted by Crippen LogP contribution is 2.25. The third-order valence-electron chi connectivity index (χ3n) is 2.94. The van der Waals surface area contributed by atoms with Gasteiger partial charge in [-0.25, -0.2) is 4.79 Å². The monoisotopic (exact) mass is 249 g/mol. The lowest BCUT2D eigenvalue weighted by molar-refractivity contribution is -0.186. The van der Waals surface area contributed by atoms with Crippen LogP contribution in [0.15, 0.2) is 30.3 Å². The Morgan fingerprint density at radius 3 is 2.61 bits per heavy atom. The molecule has 1 saturated heterocycles. The molecule has 1 aromatic rings. The molecule has 1 aliphatic heterocycles. The number of ether oxygens (including phenoxy) is 1. The first-order chi connectivity index (χ1) is 8.65. The molecule has 1 amide bonds.